The molecule has 1 aromatic carbocycles. The topological polar surface area (TPSA) is 59.1 Å². The maximum Gasteiger partial charge on any atom is 0.263 e. The molecule has 1 N–H and O–H groups in total. The molecule has 20 heavy (non-hydrogen) atoms. The summed E-state index contributed by atoms with van der Waals surface area (Å²) in [5.41, 5.74) is -0.779. The molecule has 0 unspecified atom stereocenters. The van der Waals surface area contributed by atoms with Crippen LogP contribution >= 0.6 is 23.2 Å². The highest BCUT2D eigenvalue weighted by Gasteiger charge is 2.20. The first-order valence-electron chi connectivity index (χ1n) is 5.09. The van der Waals surface area contributed by atoms with Crippen molar-refractivity contribution in [2.45, 2.75) is 4.90 Å². The molecule has 0 fully saturated rings. The largest absolute Gasteiger partial charge is 0.274 e. The van der Waals surface area contributed by atoms with Gasteiger partial charge < -0.3 is 0 Å². The quantitative estimate of drug-likeness (QED) is 0.871. The van der Waals surface area contributed by atoms with E-state index in [1.165, 1.54) is 0 Å². The van der Waals surface area contributed by atoms with Crippen molar-refractivity contribution in [1.29, 1.82) is 0 Å². The highest BCUT2D eigenvalue weighted by atomic mass is 35.5. The molecule has 0 saturated carbocycles. The molecule has 0 spiro atoms. The van der Waals surface area contributed by atoms with Crippen molar-refractivity contribution in [2.75, 3.05) is 4.72 Å². The van der Waals surface area contributed by atoms with Gasteiger partial charge in [0, 0.05) is 6.20 Å². The fourth-order valence-corrected chi connectivity index (χ4v) is 2.72. The number of sulfonamides is 1. The molecule has 0 aliphatic rings. The van der Waals surface area contributed by atoms with Crippen molar-refractivity contribution < 1.29 is 17.2 Å². The Bertz CT molecular complexity index is 749. The summed E-state index contributed by atoms with van der Waals surface area (Å²) in [6.45, 7) is 0. The van der Waals surface area contributed by atoms with Gasteiger partial charge in [0.1, 0.15) is 27.4 Å². The van der Waals surface area contributed by atoms with Crippen LogP contribution in [-0.2, 0) is 10.0 Å². The van der Waals surface area contributed by atoms with Crippen molar-refractivity contribution in [3.8, 4) is 0 Å². The number of hydrogen-bond acceptors (Lipinski definition) is 3. The van der Waals surface area contributed by atoms with Gasteiger partial charge in [-0.25, -0.2) is 22.2 Å². The Balaban J connectivity index is 2.43. The number of halogens is 4. The molecule has 106 valence electrons. The van der Waals surface area contributed by atoms with Crippen LogP contribution in [0.4, 0.5) is 14.5 Å². The molecule has 4 nitrogen and oxygen atoms in total. The van der Waals surface area contributed by atoms with Crippen LogP contribution in [0.5, 0.6) is 0 Å². The van der Waals surface area contributed by atoms with E-state index in [0.717, 1.165) is 30.5 Å². The smallest absolute Gasteiger partial charge is 0.263 e. The summed E-state index contributed by atoms with van der Waals surface area (Å²) in [4.78, 5) is 3.19. The molecule has 2 aromatic rings. The molecule has 0 aliphatic heterocycles. The van der Waals surface area contributed by atoms with E-state index in [1.54, 1.807) is 4.72 Å². The lowest BCUT2D eigenvalue weighted by Gasteiger charge is -2.09. The minimum absolute atomic E-state index is 0.0808. The van der Waals surface area contributed by atoms with Gasteiger partial charge in [0.15, 0.2) is 0 Å². The average Bonchev–Trinajstić information content (AvgIpc) is 2.37. The number of nitrogens with zero attached hydrogens (tertiary/aromatic N) is 1. The molecule has 2 rings (SSSR count). The summed E-state index contributed by atoms with van der Waals surface area (Å²) < 4.78 is 52.6. The Kier molecular flexibility index (Phi) is 4.12. The van der Waals surface area contributed by atoms with Crippen molar-refractivity contribution in [3.05, 3.63) is 52.3 Å². The Morgan fingerprint density at radius 3 is 2.30 bits per heavy atom. The first-order chi connectivity index (χ1) is 9.31. The van der Waals surface area contributed by atoms with Crippen molar-refractivity contribution in [2.24, 2.45) is 0 Å². The van der Waals surface area contributed by atoms with Crippen molar-refractivity contribution in [3.63, 3.8) is 0 Å². The predicted molar refractivity (Wildman–Crippen MR) is 71.4 cm³/mol. The van der Waals surface area contributed by atoms with E-state index in [0.29, 0.717) is 0 Å². The van der Waals surface area contributed by atoms with Gasteiger partial charge in [-0.2, -0.15) is 0 Å². The van der Waals surface area contributed by atoms with E-state index in [-0.39, 0.29) is 15.1 Å². The van der Waals surface area contributed by atoms with Crippen LogP contribution in [0.2, 0.25) is 10.2 Å². The molecule has 1 aromatic heterocycles. The molecule has 0 atom stereocenters. The van der Waals surface area contributed by atoms with Gasteiger partial charge in [0.2, 0.25) is 0 Å². The number of para-hydroxylation sites is 1. The summed E-state index contributed by atoms with van der Waals surface area (Å²) in [5, 5.41) is -0.175. The maximum atomic E-state index is 13.4. The fraction of sp³-hybridized carbons (Fsp3) is 0. The van der Waals surface area contributed by atoms with E-state index in [1.807, 2.05) is 0 Å². The van der Waals surface area contributed by atoms with E-state index in [9.17, 15) is 17.2 Å². The molecule has 1 heterocycles. The summed E-state index contributed by atoms with van der Waals surface area (Å²) >= 11 is 11.2. The lowest BCUT2D eigenvalue weighted by Crippen LogP contribution is -2.15. The Labute approximate surface area is 123 Å². The number of pyridine rings is 1. The molecule has 9 heteroatoms. The average molecular weight is 339 g/mol. The lowest BCUT2D eigenvalue weighted by molar-refractivity contribution is 0.582. The van der Waals surface area contributed by atoms with E-state index < -0.39 is 27.3 Å². The van der Waals surface area contributed by atoms with Crippen molar-refractivity contribution >= 4 is 38.9 Å². The second-order valence-corrected chi connectivity index (χ2v) is 6.09. The van der Waals surface area contributed by atoms with Crippen LogP contribution in [0.1, 0.15) is 0 Å². The normalized spacial score (nSPS) is 11.4. The first-order valence-corrected chi connectivity index (χ1v) is 7.33. The monoisotopic (exact) mass is 338 g/mol. The van der Waals surface area contributed by atoms with Crippen LogP contribution < -0.4 is 4.72 Å². The van der Waals surface area contributed by atoms with Crippen LogP contribution in [0.3, 0.4) is 0 Å². The third kappa shape index (κ3) is 3.00. The van der Waals surface area contributed by atoms with Crippen LogP contribution in [-0.4, -0.2) is 13.4 Å². The summed E-state index contributed by atoms with van der Waals surface area (Å²) in [6.07, 6.45) is 0.926. The van der Waals surface area contributed by atoms with Crippen LogP contribution in [0.15, 0.2) is 35.4 Å². The SMILES string of the molecule is O=S(=O)(Nc1c(F)cccc1F)c1cnc(Cl)c(Cl)c1. The number of anilines is 1. The number of aromatic nitrogens is 1. The maximum absolute atomic E-state index is 13.4. The van der Waals surface area contributed by atoms with Crippen LogP contribution in [0, 0.1) is 11.6 Å². The molecule has 0 bridgehead atoms. The Morgan fingerprint density at radius 2 is 1.75 bits per heavy atom. The van der Waals surface area contributed by atoms with Crippen molar-refractivity contribution in [1.82, 2.24) is 4.98 Å². The molecular formula is C11H6Cl2F2N2O2S. The standard InChI is InChI=1S/C11H6Cl2F2N2O2S/c12-7-4-6(5-16-11(7)13)20(18,19)17-10-8(14)2-1-3-9(10)15/h1-5,17H. The van der Waals surface area contributed by atoms with Gasteiger partial charge in [-0.05, 0) is 18.2 Å². The summed E-state index contributed by atoms with van der Waals surface area (Å²) in [7, 11) is -4.23. The van der Waals surface area contributed by atoms with Crippen LogP contribution in [0.25, 0.3) is 0 Å². The number of benzene rings is 1. The zero-order chi connectivity index (χ0) is 14.9. The predicted octanol–water partition coefficient (Wildman–Crippen LogP) is 3.47. The zero-order valence-corrected chi connectivity index (χ0v) is 11.9. The second-order valence-electron chi connectivity index (χ2n) is 3.65. The van der Waals surface area contributed by atoms with E-state index in [2.05, 4.69) is 4.98 Å². The highest BCUT2D eigenvalue weighted by molar-refractivity contribution is 7.92. The molecular weight excluding hydrogens is 333 g/mol. The van der Waals surface area contributed by atoms with Gasteiger partial charge in [0.05, 0.1) is 5.02 Å². The van der Waals surface area contributed by atoms with Gasteiger partial charge in [-0.1, -0.05) is 29.3 Å². The summed E-state index contributed by atoms with van der Waals surface area (Å²) in [6, 6.07) is 3.99. The highest BCUT2D eigenvalue weighted by Crippen LogP contribution is 2.25. The molecule has 0 saturated heterocycles. The molecule has 0 amide bonds. The number of rotatable bonds is 3. The molecule has 0 aliphatic carbocycles. The number of nitrogens with one attached hydrogen (secondary N) is 1. The first kappa shape index (κ1) is 15.0. The Hall–Kier alpha value is -1.44. The molecule has 0 radical (unpaired) electrons. The van der Waals surface area contributed by atoms with E-state index >= 15 is 0 Å². The second kappa shape index (κ2) is 5.51. The lowest BCUT2D eigenvalue weighted by atomic mass is 10.3. The fourth-order valence-electron chi connectivity index (χ4n) is 1.34. The minimum Gasteiger partial charge on any atom is -0.274 e. The Morgan fingerprint density at radius 1 is 1.15 bits per heavy atom. The number of hydrogen-bond donors (Lipinski definition) is 1. The minimum atomic E-state index is -4.23. The van der Waals surface area contributed by atoms with Gasteiger partial charge >= 0.3 is 0 Å². The van der Waals surface area contributed by atoms with E-state index in [4.69, 9.17) is 23.2 Å². The van der Waals surface area contributed by atoms with Gasteiger partial charge in [-0.15, -0.1) is 0 Å². The third-order valence-electron chi connectivity index (χ3n) is 2.28. The third-order valence-corrected chi connectivity index (χ3v) is 4.28. The summed E-state index contributed by atoms with van der Waals surface area (Å²) in [5.74, 6) is -2.08. The van der Waals surface area contributed by atoms with Gasteiger partial charge in [0.25, 0.3) is 10.0 Å². The zero-order valence-electron chi connectivity index (χ0n) is 9.57. The van der Waals surface area contributed by atoms with Gasteiger partial charge in [-0.3, -0.25) is 4.72 Å².